The summed E-state index contributed by atoms with van der Waals surface area (Å²) in [6, 6.07) is 9.41. The molecule has 1 saturated heterocycles. The first kappa shape index (κ1) is 22.0. The second-order valence-electron chi connectivity index (χ2n) is 7.36. The Morgan fingerprint density at radius 3 is 2.53 bits per heavy atom. The number of anilines is 1. The number of hydrogen-bond donors (Lipinski definition) is 1. The van der Waals surface area contributed by atoms with Crippen molar-refractivity contribution in [3.05, 3.63) is 47.5 Å². The summed E-state index contributed by atoms with van der Waals surface area (Å²) in [6.45, 7) is 3.99. The fraction of sp³-hybridized carbons (Fsp3) is 0.455. The topological polar surface area (TPSA) is 82.6 Å². The maximum absolute atomic E-state index is 12.8. The van der Waals surface area contributed by atoms with Crippen molar-refractivity contribution < 1.29 is 14.4 Å². The molecule has 1 fully saturated rings. The molecule has 30 heavy (non-hydrogen) atoms. The van der Waals surface area contributed by atoms with Crippen LogP contribution in [0.1, 0.15) is 49.4 Å². The molecule has 0 spiro atoms. The number of hydrogen-bond acceptors (Lipinski definition) is 5. The summed E-state index contributed by atoms with van der Waals surface area (Å²) in [6.07, 6.45) is 4.33. The zero-order valence-corrected chi connectivity index (χ0v) is 18.1. The van der Waals surface area contributed by atoms with Gasteiger partial charge in [-0.05, 0) is 31.4 Å². The molecule has 0 aliphatic carbocycles. The lowest BCUT2D eigenvalue weighted by molar-refractivity contribution is -0.135. The first-order valence-electron chi connectivity index (χ1n) is 10.4. The molecule has 1 aromatic carbocycles. The van der Waals surface area contributed by atoms with E-state index in [1.807, 2.05) is 47.1 Å². The Balaban J connectivity index is 1.50. The summed E-state index contributed by atoms with van der Waals surface area (Å²) in [4.78, 5) is 45.3. The number of piperidine rings is 1. The lowest BCUT2D eigenvalue weighted by atomic mass is 10.0. The monoisotopic (exact) mass is 428 g/mol. The Labute approximate surface area is 181 Å². The summed E-state index contributed by atoms with van der Waals surface area (Å²) < 4.78 is 0. The van der Waals surface area contributed by atoms with Gasteiger partial charge >= 0.3 is 0 Å². The average Bonchev–Trinajstić information content (AvgIpc) is 3.29. The molecule has 160 valence electrons. The number of benzene rings is 1. The largest absolute Gasteiger partial charge is 0.340 e. The van der Waals surface area contributed by atoms with E-state index in [4.69, 9.17) is 0 Å². The Morgan fingerprint density at radius 1 is 1.17 bits per heavy atom. The number of nitrogens with one attached hydrogen (secondary N) is 1. The Morgan fingerprint density at radius 2 is 1.90 bits per heavy atom. The van der Waals surface area contributed by atoms with Gasteiger partial charge in [-0.25, -0.2) is 4.98 Å². The third-order valence-corrected chi connectivity index (χ3v) is 5.93. The van der Waals surface area contributed by atoms with Crippen molar-refractivity contribution in [2.45, 2.75) is 45.1 Å². The van der Waals surface area contributed by atoms with Crippen LogP contribution in [-0.2, 0) is 9.59 Å². The van der Waals surface area contributed by atoms with Crippen LogP contribution in [0.4, 0.5) is 5.13 Å². The highest BCUT2D eigenvalue weighted by atomic mass is 32.1. The van der Waals surface area contributed by atoms with Gasteiger partial charge in [0.05, 0.1) is 0 Å². The third kappa shape index (κ3) is 5.89. The molecular formula is C22H28N4O3S. The van der Waals surface area contributed by atoms with Crippen LogP contribution < -0.4 is 5.32 Å². The summed E-state index contributed by atoms with van der Waals surface area (Å²) in [5, 5.41) is 5.05. The zero-order chi connectivity index (χ0) is 21.3. The zero-order valence-electron chi connectivity index (χ0n) is 17.3. The molecule has 0 bridgehead atoms. The molecule has 2 heterocycles. The highest BCUT2D eigenvalue weighted by Crippen LogP contribution is 2.20. The van der Waals surface area contributed by atoms with Gasteiger partial charge in [0.25, 0.3) is 5.91 Å². The quantitative estimate of drug-likeness (QED) is 0.699. The average molecular weight is 429 g/mol. The molecule has 3 amide bonds. The molecule has 0 saturated carbocycles. The van der Waals surface area contributed by atoms with E-state index in [1.165, 1.54) is 11.3 Å². The normalized spacial score (nSPS) is 14.4. The number of amides is 3. The van der Waals surface area contributed by atoms with Gasteiger partial charge in [-0.2, -0.15) is 0 Å². The number of carbonyl (C=O) groups is 3. The highest BCUT2D eigenvalue weighted by molar-refractivity contribution is 7.13. The van der Waals surface area contributed by atoms with Crippen molar-refractivity contribution in [1.82, 2.24) is 14.8 Å². The minimum absolute atomic E-state index is 0.000949. The smallest absolute Gasteiger partial charge is 0.253 e. The third-order valence-electron chi connectivity index (χ3n) is 5.24. The van der Waals surface area contributed by atoms with Crippen LogP contribution in [-0.4, -0.2) is 58.2 Å². The summed E-state index contributed by atoms with van der Waals surface area (Å²) in [5.74, 6) is -0.154. The molecule has 0 atom stereocenters. The number of carbonyl (C=O) groups excluding carboxylic acids is 3. The van der Waals surface area contributed by atoms with Crippen molar-refractivity contribution in [2.24, 2.45) is 0 Å². The van der Waals surface area contributed by atoms with Gasteiger partial charge in [0.2, 0.25) is 11.8 Å². The van der Waals surface area contributed by atoms with Crippen molar-refractivity contribution in [3.8, 4) is 0 Å². The van der Waals surface area contributed by atoms with E-state index >= 15 is 0 Å². The maximum Gasteiger partial charge on any atom is 0.253 e. The van der Waals surface area contributed by atoms with E-state index in [9.17, 15) is 14.4 Å². The summed E-state index contributed by atoms with van der Waals surface area (Å²) in [7, 11) is 0. The molecular weight excluding hydrogens is 400 g/mol. The van der Waals surface area contributed by atoms with E-state index in [0.717, 1.165) is 19.3 Å². The number of nitrogens with zero attached hydrogens (tertiary/aromatic N) is 3. The van der Waals surface area contributed by atoms with Crippen LogP contribution in [0.5, 0.6) is 0 Å². The van der Waals surface area contributed by atoms with E-state index in [1.54, 1.807) is 11.6 Å². The van der Waals surface area contributed by atoms with Gasteiger partial charge in [0, 0.05) is 55.7 Å². The molecule has 8 heteroatoms. The van der Waals surface area contributed by atoms with Gasteiger partial charge in [-0.1, -0.05) is 25.1 Å². The number of thiazole rings is 1. The molecule has 0 unspecified atom stereocenters. The second kappa shape index (κ2) is 10.9. The molecule has 0 radical (unpaired) electrons. The lowest BCUT2D eigenvalue weighted by Gasteiger charge is -2.38. The number of rotatable bonds is 8. The van der Waals surface area contributed by atoms with Crippen LogP contribution in [0.25, 0.3) is 0 Å². The van der Waals surface area contributed by atoms with Gasteiger partial charge in [-0.3, -0.25) is 14.4 Å². The molecule has 1 aliphatic heterocycles. The van der Waals surface area contributed by atoms with Crippen LogP contribution in [0.15, 0.2) is 41.9 Å². The van der Waals surface area contributed by atoms with Gasteiger partial charge in [0.1, 0.15) is 0 Å². The van der Waals surface area contributed by atoms with Gasteiger partial charge in [0.15, 0.2) is 5.13 Å². The summed E-state index contributed by atoms with van der Waals surface area (Å²) in [5.41, 5.74) is 0.698. The van der Waals surface area contributed by atoms with Crippen LogP contribution in [0.2, 0.25) is 0 Å². The SMILES string of the molecule is CCCN(C(=O)CCC(=O)Nc1nccs1)C1CCN(C(=O)c2ccccc2)CC1. The van der Waals surface area contributed by atoms with E-state index < -0.39 is 0 Å². The van der Waals surface area contributed by atoms with Crippen molar-refractivity contribution in [2.75, 3.05) is 25.0 Å². The van der Waals surface area contributed by atoms with Crippen LogP contribution >= 0.6 is 11.3 Å². The Hall–Kier alpha value is -2.74. The van der Waals surface area contributed by atoms with Crippen molar-refractivity contribution >= 4 is 34.2 Å². The standard InChI is InChI=1S/C22H28N4O3S/c1-2-13-26(20(28)9-8-19(27)24-22-23-12-16-30-22)18-10-14-25(15-11-18)21(29)17-6-4-3-5-7-17/h3-7,12,16,18H,2,8-11,13-15H2,1H3,(H,23,24,27). The van der Waals surface area contributed by atoms with Gasteiger partial charge in [-0.15, -0.1) is 11.3 Å². The second-order valence-corrected chi connectivity index (χ2v) is 8.26. The first-order valence-corrected chi connectivity index (χ1v) is 11.3. The van der Waals surface area contributed by atoms with E-state index in [2.05, 4.69) is 10.3 Å². The molecule has 2 aromatic rings. The molecule has 7 nitrogen and oxygen atoms in total. The number of likely N-dealkylation sites (tertiary alicyclic amines) is 1. The number of aromatic nitrogens is 1. The minimum Gasteiger partial charge on any atom is -0.340 e. The fourth-order valence-corrected chi connectivity index (χ4v) is 4.27. The summed E-state index contributed by atoms with van der Waals surface area (Å²) >= 11 is 1.35. The van der Waals surface area contributed by atoms with Crippen LogP contribution in [0, 0.1) is 0 Å². The highest BCUT2D eigenvalue weighted by Gasteiger charge is 2.29. The molecule has 1 aromatic heterocycles. The Kier molecular flexibility index (Phi) is 7.96. The predicted molar refractivity (Wildman–Crippen MR) is 117 cm³/mol. The molecule has 3 rings (SSSR count). The van der Waals surface area contributed by atoms with E-state index in [-0.39, 0.29) is 36.6 Å². The Bertz CT molecular complexity index is 833. The van der Waals surface area contributed by atoms with Crippen LogP contribution in [0.3, 0.4) is 0 Å². The fourth-order valence-electron chi connectivity index (χ4n) is 3.73. The van der Waals surface area contributed by atoms with Crippen molar-refractivity contribution in [3.63, 3.8) is 0 Å². The lowest BCUT2D eigenvalue weighted by Crippen LogP contribution is -2.49. The van der Waals surface area contributed by atoms with Crippen molar-refractivity contribution in [1.29, 1.82) is 0 Å². The minimum atomic E-state index is -0.196. The maximum atomic E-state index is 12.8. The molecule has 1 N–H and O–H groups in total. The van der Waals surface area contributed by atoms with E-state index in [0.29, 0.717) is 30.3 Å². The predicted octanol–water partition coefficient (Wildman–Crippen LogP) is 3.41. The molecule has 1 aliphatic rings. The first-order chi connectivity index (χ1) is 14.6. The van der Waals surface area contributed by atoms with Gasteiger partial charge < -0.3 is 15.1 Å².